The molecule has 0 fully saturated rings. The molecule has 0 aromatic heterocycles. The van der Waals surface area contributed by atoms with E-state index in [0.29, 0.717) is 18.8 Å². The van der Waals surface area contributed by atoms with Crippen molar-refractivity contribution in [1.82, 2.24) is 5.43 Å². The molecule has 0 aliphatic heterocycles. The number of amides is 1. The first-order valence-corrected chi connectivity index (χ1v) is 10.1. The van der Waals surface area contributed by atoms with Crippen LogP contribution in [0.4, 0.5) is 0 Å². The lowest BCUT2D eigenvalue weighted by molar-refractivity contribution is 0.0954. The minimum absolute atomic E-state index is 0.217. The fourth-order valence-corrected chi connectivity index (χ4v) is 3.42. The van der Waals surface area contributed by atoms with Crippen molar-refractivity contribution < 1.29 is 14.3 Å². The summed E-state index contributed by atoms with van der Waals surface area (Å²) in [5.74, 6) is 1.38. The molecule has 0 radical (unpaired) electrons. The summed E-state index contributed by atoms with van der Waals surface area (Å²) >= 11 is 0. The highest BCUT2D eigenvalue weighted by molar-refractivity contribution is 6.05. The normalized spacial score (nSPS) is 13.7. The van der Waals surface area contributed by atoms with E-state index in [1.54, 1.807) is 12.1 Å². The molecule has 0 saturated heterocycles. The minimum Gasteiger partial charge on any atom is -0.494 e. The number of carbonyl (C=O) groups is 1. The number of nitrogens with zero attached hydrogens (tertiary/aromatic N) is 1. The number of hydrogen-bond donors (Lipinski definition) is 1. The number of ether oxygens (including phenoxy) is 2. The van der Waals surface area contributed by atoms with Gasteiger partial charge in [0.15, 0.2) is 0 Å². The van der Waals surface area contributed by atoms with E-state index in [4.69, 9.17) is 9.47 Å². The van der Waals surface area contributed by atoms with E-state index >= 15 is 0 Å². The van der Waals surface area contributed by atoms with E-state index in [0.717, 1.165) is 41.2 Å². The molecule has 152 valence electrons. The average Bonchev–Trinajstić information content (AvgIpc) is 3.21. The third-order valence-electron chi connectivity index (χ3n) is 5.01. The third-order valence-corrected chi connectivity index (χ3v) is 5.01. The van der Waals surface area contributed by atoms with Gasteiger partial charge in [-0.3, -0.25) is 4.79 Å². The number of hydrazone groups is 1. The van der Waals surface area contributed by atoms with Crippen molar-refractivity contribution in [1.29, 1.82) is 0 Å². The Morgan fingerprint density at radius 2 is 1.60 bits per heavy atom. The highest BCUT2D eigenvalue weighted by Gasteiger charge is 2.17. The van der Waals surface area contributed by atoms with Gasteiger partial charge in [-0.15, -0.1) is 0 Å². The van der Waals surface area contributed by atoms with Gasteiger partial charge in [-0.05, 0) is 67.3 Å². The zero-order valence-corrected chi connectivity index (χ0v) is 16.9. The number of fused-ring (bicyclic) bond motifs is 1. The lowest BCUT2D eigenvalue weighted by Crippen LogP contribution is -2.19. The van der Waals surface area contributed by atoms with Crippen LogP contribution in [-0.4, -0.2) is 18.2 Å². The summed E-state index contributed by atoms with van der Waals surface area (Å²) in [6, 6.07) is 23.1. The first-order chi connectivity index (χ1) is 14.7. The van der Waals surface area contributed by atoms with Crippen molar-refractivity contribution in [3.63, 3.8) is 0 Å². The van der Waals surface area contributed by atoms with E-state index in [2.05, 4.69) is 16.6 Å². The number of hydrogen-bond acceptors (Lipinski definition) is 4. The predicted octanol–water partition coefficient (Wildman–Crippen LogP) is 4.74. The van der Waals surface area contributed by atoms with Crippen molar-refractivity contribution in [2.45, 2.75) is 26.4 Å². The molecule has 0 saturated carbocycles. The Kier molecular flexibility index (Phi) is 6.09. The van der Waals surface area contributed by atoms with E-state index in [1.807, 2.05) is 61.5 Å². The molecule has 30 heavy (non-hydrogen) atoms. The Bertz CT molecular complexity index is 1040. The molecule has 4 rings (SSSR count). The topological polar surface area (TPSA) is 59.9 Å². The van der Waals surface area contributed by atoms with Gasteiger partial charge in [-0.2, -0.15) is 5.10 Å². The van der Waals surface area contributed by atoms with Crippen LogP contribution in [0.15, 0.2) is 77.9 Å². The molecule has 0 bridgehead atoms. The van der Waals surface area contributed by atoms with Crippen molar-refractivity contribution in [2.24, 2.45) is 5.10 Å². The van der Waals surface area contributed by atoms with Gasteiger partial charge >= 0.3 is 0 Å². The molecule has 3 aromatic carbocycles. The molecular formula is C25H24N2O3. The highest BCUT2D eigenvalue weighted by atomic mass is 16.5. The number of aryl methyl sites for hydroxylation is 1. The van der Waals surface area contributed by atoms with Gasteiger partial charge in [0.25, 0.3) is 5.91 Å². The second kappa shape index (κ2) is 9.27. The maximum Gasteiger partial charge on any atom is 0.271 e. The monoisotopic (exact) mass is 400 g/mol. The number of nitrogens with one attached hydrogen (secondary N) is 1. The molecule has 5 heteroatoms. The summed E-state index contributed by atoms with van der Waals surface area (Å²) in [6.07, 6.45) is 1.81. The van der Waals surface area contributed by atoms with Crippen LogP contribution in [-0.2, 0) is 13.0 Å². The second-order valence-corrected chi connectivity index (χ2v) is 7.05. The SMILES string of the molecule is CCOc1ccc(OCc2ccc(C(=O)N/N=C3/CCc4ccccc43)cc2)cc1. The van der Waals surface area contributed by atoms with E-state index < -0.39 is 0 Å². The minimum atomic E-state index is -0.217. The Morgan fingerprint density at radius 3 is 2.33 bits per heavy atom. The molecule has 0 atom stereocenters. The molecular weight excluding hydrogens is 376 g/mol. The summed E-state index contributed by atoms with van der Waals surface area (Å²) in [7, 11) is 0. The number of benzene rings is 3. The molecule has 0 heterocycles. The number of carbonyl (C=O) groups excluding carboxylic acids is 1. The quantitative estimate of drug-likeness (QED) is 0.583. The van der Waals surface area contributed by atoms with Crippen LogP contribution in [0.3, 0.4) is 0 Å². The van der Waals surface area contributed by atoms with Gasteiger partial charge in [0.2, 0.25) is 0 Å². The Balaban J connectivity index is 1.32. The lowest BCUT2D eigenvalue weighted by Gasteiger charge is -2.08. The summed E-state index contributed by atoms with van der Waals surface area (Å²) in [5, 5.41) is 4.34. The van der Waals surface area contributed by atoms with Gasteiger partial charge in [-0.25, -0.2) is 5.43 Å². The fraction of sp³-hybridized carbons (Fsp3) is 0.200. The van der Waals surface area contributed by atoms with Crippen LogP contribution in [0.1, 0.15) is 40.4 Å². The molecule has 0 spiro atoms. The Hall–Kier alpha value is -3.60. The first kappa shape index (κ1) is 19.7. The van der Waals surface area contributed by atoms with Crippen molar-refractivity contribution in [3.05, 3.63) is 95.1 Å². The van der Waals surface area contributed by atoms with Crippen LogP contribution in [0.25, 0.3) is 0 Å². The maximum atomic E-state index is 12.4. The van der Waals surface area contributed by atoms with Crippen molar-refractivity contribution in [2.75, 3.05) is 6.61 Å². The van der Waals surface area contributed by atoms with Gasteiger partial charge in [0.1, 0.15) is 18.1 Å². The van der Waals surface area contributed by atoms with Gasteiger partial charge in [-0.1, -0.05) is 36.4 Å². The van der Waals surface area contributed by atoms with Crippen molar-refractivity contribution in [3.8, 4) is 11.5 Å². The van der Waals surface area contributed by atoms with Crippen LogP contribution < -0.4 is 14.9 Å². The fourth-order valence-electron chi connectivity index (χ4n) is 3.42. The van der Waals surface area contributed by atoms with Crippen LogP contribution in [0.5, 0.6) is 11.5 Å². The Labute approximate surface area is 176 Å². The van der Waals surface area contributed by atoms with Gasteiger partial charge in [0.05, 0.1) is 12.3 Å². The van der Waals surface area contributed by atoms with E-state index in [1.165, 1.54) is 5.56 Å². The molecule has 1 aliphatic carbocycles. The summed E-state index contributed by atoms with van der Waals surface area (Å²) in [5.41, 5.74) is 7.56. The molecule has 1 aliphatic rings. The summed E-state index contributed by atoms with van der Waals surface area (Å²) in [6.45, 7) is 3.02. The molecule has 1 N–H and O–H groups in total. The zero-order chi connectivity index (χ0) is 20.8. The molecule has 3 aromatic rings. The highest BCUT2D eigenvalue weighted by Crippen LogP contribution is 2.22. The van der Waals surface area contributed by atoms with Crippen LogP contribution >= 0.6 is 0 Å². The summed E-state index contributed by atoms with van der Waals surface area (Å²) in [4.78, 5) is 12.4. The lowest BCUT2D eigenvalue weighted by atomic mass is 10.1. The summed E-state index contributed by atoms with van der Waals surface area (Å²) < 4.78 is 11.2. The van der Waals surface area contributed by atoms with E-state index in [-0.39, 0.29) is 5.91 Å². The van der Waals surface area contributed by atoms with Gasteiger partial charge < -0.3 is 9.47 Å². The average molecular weight is 400 g/mol. The first-order valence-electron chi connectivity index (χ1n) is 10.1. The van der Waals surface area contributed by atoms with E-state index in [9.17, 15) is 4.79 Å². The number of rotatable bonds is 7. The second-order valence-electron chi connectivity index (χ2n) is 7.05. The third kappa shape index (κ3) is 4.69. The standard InChI is InChI=1S/C25H24N2O3/c1-2-29-21-12-14-22(15-13-21)30-17-18-7-9-20(10-8-18)25(28)27-26-24-16-11-19-5-3-4-6-23(19)24/h3-10,12-15H,2,11,16-17H2,1H3,(H,27,28)/b26-24-. The zero-order valence-electron chi connectivity index (χ0n) is 16.9. The van der Waals surface area contributed by atoms with Crippen molar-refractivity contribution >= 4 is 11.6 Å². The van der Waals surface area contributed by atoms with Gasteiger partial charge in [0, 0.05) is 11.1 Å². The van der Waals surface area contributed by atoms with Crippen LogP contribution in [0, 0.1) is 0 Å². The largest absolute Gasteiger partial charge is 0.494 e. The molecule has 5 nitrogen and oxygen atoms in total. The predicted molar refractivity (Wildman–Crippen MR) is 117 cm³/mol. The smallest absolute Gasteiger partial charge is 0.271 e. The Morgan fingerprint density at radius 1 is 0.900 bits per heavy atom. The molecule has 1 amide bonds. The maximum absolute atomic E-state index is 12.4. The molecule has 0 unspecified atom stereocenters. The van der Waals surface area contributed by atoms with Crippen LogP contribution in [0.2, 0.25) is 0 Å².